The summed E-state index contributed by atoms with van der Waals surface area (Å²) >= 11 is 0. The lowest BCUT2D eigenvalue weighted by Crippen LogP contribution is -2.21. The van der Waals surface area contributed by atoms with E-state index in [0.29, 0.717) is 11.9 Å². The van der Waals surface area contributed by atoms with Crippen molar-refractivity contribution in [3.05, 3.63) is 77.5 Å². The molecule has 0 radical (unpaired) electrons. The minimum Gasteiger partial charge on any atom is -0.384 e. The number of pyridine rings is 1. The topological polar surface area (TPSA) is 70.3 Å². The molecule has 4 aromatic rings. The molecule has 31 heavy (non-hydrogen) atoms. The fourth-order valence-electron chi connectivity index (χ4n) is 4.02. The summed E-state index contributed by atoms with van der Waals surface area (Å²) in [5, 5.41) is 1.17. The van der Waals surface area contributed by atoms with Crippen molar-refractivity contribution in [2.24, 2.45) is 4.99 Å². The number of nitrogen functional groups attached to an aromatic ring is 1. The second-order valence-corrected chi connectivity index (χ2v) is 8.02. The highest BCUT2D eigenvalue weighted by Gasteiger charge is 2.14. The number of H-pyrrole nitrogens is 1. The zero-order valence-corrected chi connectivity index (χ0v) is 18.6. The fraction of sp³-hybridized carbons (Fsp3) is 0.231. The maximum absolute atomic E-state index is 6.03. The first-order valence-electron chi connectivity index (χ1n) is 10.6. The van der Waals surface area contributed by atoms with Gasteiger partial charge in [0, 0.05) is 41.0 Å². The van der Waals surface area contributed by atoms with Crippen LogP contribution in [0.25, 0.3) is 22.2 Å². The molecule has 5 nitrogen and oxygen atoms in total. The zero-order valence-electron chi connectivity index (χ0n) is 18.6. The van der Waals surface area contributed by atoms with Crippen molar-refractivity contribution in [2.45, 2.75) is 33.4 Å². The van der Waals surface area contributed by atoms with Gasteiger partial charge >= 0.3 is 0 Å². The Hall–Kier alpha value is -3.44. The number of fused-ring (bicyclic) bond motifs is 1. The van der Waals surface area contributed by atoms with Gasteiger partial charge in [0.1, 0.15) is 5.82 Å². The average Bonchev–Trinajstić information content (AvgIpc) is 3.19. The molecule has 0 aliphatic heterocycles. The van der Waals surface area contributed by atoms with Crippen LogP contribution in [0.4, 0.5) is 11.5 Å². The molecule has 0 bridgehead atoms. The van der Waals surface area contributed by atoms with Crippen LogP contribution in [0.15, 0.2) is 65.7 Å². The summed E-state index contributed by atoms with van der Waals surface area (Å²) in [5.74, 6) is 0.499. The number of anilines is 1. The number of hydrogen-bond donors (Lipinski definition) is 2. The molecule has 2 aromatic carbocycles. The molecule has 5 heteroatoms. The van der Waals surface area contributed by atoms with Crippen molar-refractivity contribution in [1.29, 1.82) is 0 Å². The molecule has 1 atom stereocenters. The molecular weight excluding hydrogens is 382 g/mol. The third kappa shape index (κ3) is 4.37. The van der Waals surface area contributed by atoms with E-state index in [1.807, 2.05) is 19.9 Å². The lowest BCUT2D eigenvalue weighted by atomic mass is 10.1. The van der Waals surface area contributed by atoms with Crippen LogP contribution in [-0.4, -0.2) is 28.1 Å². The van der Waals surface area contributed by atoms with Crippen molar-refractivity contribution in [3.63, 3.8) is 0 Å². The van der Waals surface area contributed by atoms with Crippen molar-refractivity contribution in [2.75, 3.05) is 12.8 Å². The Morgan fingerprint density at radius 1 is 1.13 bits per heavy atom. The Labute approximate surface area is 183 Å². The maximum atomic E-state index is 6.03. The highest BCUT2D eigenvalue weighted by atomic mass is 15.1. The number of nitrogens with two attached hydrogens (primary N) is 1. The monoisotopic (exact) mass is 411 g/mol. The van der Waals surface area contributed by atoms with Crippen LogP contribution in [0.1, 0.15) is 36.7 Å². The SMILES string of the molecule is CC=Nc1c(-c2cc3cc(CN(C)[C@@H](C)c4ccccc4)ccc3[nH]2)cc(N)nc1C. The lowest BCUT2D eigenvalue weighted by molar-refractivity contribution is 0.253. The summed E-state index contributed by atoms with van der Waals surface area (Å²) in [4.78, 5) is 14.8. The second kappa shape index (κ2) is 8.74. The Morgan fingerprint density at radius 3 is 2.65 bits per heavy atom. The van der Waals surface area contributed by atoms with E-state index in [-0.39, 0.29) is 0 Å². The number of rotatable bonds is 6. The number of aromatic amines is 1. The first-order valence-corrected chi connectivity index (χ1v) is 10.6. The molecule has 0 amide bonds. The van der Waals surface area contributed by atoms with Crippen molar-refractivity contribution in [1.82, 2.24) is 14.9 Å². The summed E-state index contributed by atoms with van der Waals surface area (Å²) in [5.41, 5.74) is 13.4. The van der Waals surface area contributed by atoms with Gasteiger partial charge in [0.15, 0.2) is 0 Å². The Morgan fingerprint density at radius 2 is 1.90 bits per heavy atom. The summed E-state index contributed by atoms with van der Waals surface area (Å²) in [6.07, 6.45) is 1.79. The van der Waals surface area contributed by atoms with Crippen molar-refractivity contribution < 1.29 is 0 Å². The van der Waals surface area contributed by atoms with Gasteiger partial charge in [0.25, 0.3) is 0 Å². The molecule has 0 saturated carbocycles. The third-order valence-corrected chi connectivity index (χ3v) is 5.80. The third-order valence-electron chi connectivity index (χ3n) is 5.80. The van der Waals surface area contributed by atoms with Gasteiger partial charge in [-0.05, 0) is 63.2 Å². The summed E-state index contributed by atoms with van der Waals surface area (Å²) < 4.78 is 0. The second-order valence-electron chi connectivity index (χ2n) is 8.02. The molecule has 2 heterocycles. The van der Waals surface area contributed by atoms with E-state index >= 15 is 0 Å². The van der Waals surface area contributed by atoms with E-state index in [9.17, 15) is 0 Å². The molecule has 0 aliphatic rings. The maximum Gasteiger partial charge on any atom is 0.124 e. The van der Waals surface area contributed by atoms with Gasteiger partial charge < -0.3 is 10.7 Å². The first kappa shape index (κ1) is 20.8. The smallest absolute Gasteiger partial charge is 0.124 e. The van der Waals surface area contributed by atoms with E-state index in [4.69, 9.17) is 5.73 Å². The molecular formula is C26H29N5. The minimum absolute atomic E-state index is 0.343. The van der Waals surface area contributed by atoms with Gasteiger partial charge in [-0.15, -0.1) is 0 Å². The van der Waals surface area contributed by atoms with Gasteiger partial charge in [-0.1, -0.05) is 36.4 Å². The molecule has 2 aromatic heterocycles. The molecule has 4 rings (SSSR count). The number of aryl methyl sites for hydroxylation is 1. The normalized spacial score (nSPS) is 12.8. The van der Waals surface area contributed by atoms with Gasteiger partial charge in [-0.2, -0.15) is 0 Å². The van der Waals surface area contributed by atoms with Gasteiger partial charge in [-0.3, -0.25) is 9.89 Å². The standard InChI is InChI=1S/C26H29N5/c1-5-28-26-17(2)29-25(27)15-22(26)24-14-21-13-19(11-12-23(21)30-24)16-31(4)18(3)20-9-7-6-8-10-20/h5-15,18,30H,16H2,1-4H3,(H2,27,29)/t18-/m0/s1. The number of nitrogens with zero attached hydrogens (tertiary/aromatic N) is 3. The first-order chi connectivity index (χ1) is 15.0. The minimum atomic E-state index is 0.343. The number of benzene rings is 2. The Balaban J connectivity index is 1.64. The Bertz CT molecular complexity index is 1220. The van der Waals surface area contributed by atoms with Crippen molar-refractivity contribution in [3.8, 4) is 11.3 Å². The molecule has 0 spiro atoms. The number of aromatic nitrogens is 2. The van der Waals surface area contributed by atoms with Crippen LogP contribution in [-0.2, 0) is 6.54 Å². The van der Waals surface area contributed by atoms with Crippen LogP contribution in [0.5, 0.6) is 0 Å². The lowest BCUT2D eigenvalue weighted by Gasteiger charge is -2.25. The highest BCUT2D eigenvalue weighted by molar-refractivity contribution is 5.90. The largest absolute Gasteiger partial charge is 0.384 e. The number of hydrogen-bond acceptors (Lipinski definition) is 4. The summed E-state index contributed by atoms with van der Waals surface area (Å²) in [6.45, 7) is 6.96. The van der Waals surface area contributed by atoms with Crippen LogP contribution >= 0.6 is 0 Å². The van der Waals surface area contributed by atoms with E-state index < -0.39 is 0 Å². The Kier molecular flexibility index (Phi) is 5.87. The fourth-order valence-corrected chi connectivity index (χ4v) is 4.02. The molecule has 158 valence electrons. The predicted molar refractivity (Wildman–Crippen MR) is 131 cm³/mol. The molecule has 0 unspecified atom stereocenters. The molecule has 0 fully saturated rings. The van der Waals surface area contributed by atoms with Gasteiger partial charge in [-0.25, -0.2) is 4.98 Å². The number of aliphatic imine (C=N–C) groups is 1. The average molecular weight is 412 g/mol. The van der Waals surface area contributed by atoms with E-state index in [1.54, 1.807) is 6.21 Å². The van der Waals surface area contributed by atoms with Crippen LogP contribution in [0.3, 0.4) is 0 Å². The molecule has 3 N–H and O–H groups in total. The van der Waals surface area contributed by atoms with Crippen LogP contribution in [0.2, 0.25) is 0 Å². The predicted octanol–water partition coefficient (Wildman–Crippen LogP) is 6.04. The van der Waals surface area contributed by atoms with Crippen LogP contribution in [0, 0.1) is 6.92 Å². The van der Waals surface area contributed by atoms with E-state index in [0.717, 1.165) is 34.7 Å². The quantitative estimate of drug-likeness (QED) is 0.380. The number of nitrogens with one attached hydrogen (secondary N) is 1. The summed E-state index contributed by atoms with van der Waals surface area (Å²) in [7, 11) is 2.17. The zero-order chi connectivity index (χ0) is 22.0. The highest BCUT2D eigenvalue weighted by Crippen LogP contribution is 2.35. The molecule has 0 saturated heterocycles. The van der Waals surface area contributed by atoms with E-state index in [2.05, 4.69) is 88.4 Å². The summed E-state index contributed by atoms with van der Waals surface area (Å²) in [6, 6.07) is 21.6. The van der Waals surface area contributed by atoms with Crippen molar-refractivity contribution >= 4 is 28.6 Å². The molecule has 0 aliphatic carbocycles. The van der Waals surface area contributed by atoms with Crippen LogP contribution < -0.4 is 5.73 Å². The van der Waals surface area contributed by atoms with E-state index in [1.165, 1.54) is 16.5 Å². The van der Waals surface area contributed by atoms with Gasteiger partial charge in [0.05, 0.1) is 11.4 Å². The van der Waals surface area contributed by atoms with Gasteiger partial charge in [0.2, 0.25) is 0 Å².